The van der Waals surface area contributed by atoms with Crippen molar-refractivity contribution in [1.82, 2.24) is 0 Å². The van der Waals surface area contributed by atoms with Gasteiger partial charge >= 0.3 is 18.1 Å². The topological polar surface area (TPSA) is 103 Å². The average molecular weight is 262 g/mol. The maximum Gasteiger partial charge on any atom is 0.471 e. The predicted octanol–water partition coefficient (Wildman–Crippen LogP) is 1.66. The third-order valence-electron chi connectivity index (χ3n) is 1.89. The van der Waals surface area contributed by atoms with Crippen LogP contribution >= 0.6 is 0 Å². The molecule has 0 spiro atoms. The highest BCUT2D eigenvalue weighted by atomic mass is 19.4. The second-order valence-corrected chi connectivity index (χ2v) is 3.11. The minimum atomic E-state index is -5.17. The molecule has 0 saturated carbocycles. The van der Waals surface area contributed by atoms with Crippen LogP contribution in [0.4, 0.5) is 19.1 Å². The Morgan fingerprint density at radius 2 is 2.00 bits per heavy atom. The van der Waals surface area contributed by atoms with Gasteiger partial charge in [-0.05, 0) is 6.92 Å². The van der Waals surface area contributed by atoms with E-state index in [1.807, 2.05) is 0 Å². The van der Waals surface area contributed by atoms with Crippen LogP contribution in [0.25, 0.3) is 0 Å². The summed E-state index contributed by atoms with van der Waals surface area (Å²) in [6, 6.07) is 1.37. The van der Waals surface area contributed by atoms with E-state index in [9.17, 15) is 22.8 Å². The van der Waals surface area contributed by atoms with Gasteiger partial charge in [0.05, 0.1) is 0 Å². The zero-order valence-corrected chi connectivity index (χ0v) is 8.75. The van der Waals surface area contributed by atoms with Gasteiger partial charge in [0.1, 0.15) is 23.0 Å². The first-order valence-corrected chi connectivity index (χ1v) is 4.33. The minimum Gasteiger partial charge on any atom is -0.478 e. The molecule has 0 aliphatic carbocycles. The number of furan rings is 1. The summed E-state index contributed by atoms with van der Waals surface area (Å²) in [6.45, 7) is 1.15. The van der Waals surface area contributed by atoms with Crippen LogP contribution in [0.1, 0.15) is 21.7 Å². The SMILES string of the molecule is Cc1oc(NC(=O)C(F)(F)F)c(C#N)c1C(=O)O. The van der Waals surface area contributed by atoms with Crippen LogP contribution in [0.2, 0.25) is 0 Å². The molecule has 18 heavy (non-hydrogen) atoms. The van der Waals surface area contributed by atoms with Crippen molar-refractivity contribution in [3.05, 3.63) is 16.9 Å². The van der Waals surface area contributed by atoms with Crippen molar-refractivity contribution in [3.8, 4) is 6.07 Å². The highest BCUT2D eigenvalue weighted by Gasteiger charge is 2.40. The van der Waals surface area contributed by atoms with E-state index in [0.29, 0.717) is 0 Å². The Bertz CT molecular complexity index is 553. The van der Waals surface area contributed by atoms with Crippen LogP contribution in [-0.4, -0.2) is 23.2 Å². The molecular weight excluding hydrogens is 257 g/mol. The highest BCUT2D eigenvalue weighted by molar-refractivity contribution is 5.99. The number of carbonyl (C=O) groups excluding carboxylic acids is 1. The molecule has 1 aromatic rings. The first-order chi connectivity index (χ1) is 8.18. The Morgan fingerprint density at radius 3 is 2.39 bits per heavy atom. The summed E-state index contributed by atoms with van der Waals surface area (Å²) in [5.41, 5.74) is -1.26. The maximum absolute atomic E-state index is 12.0. The van der Waals surface area contributed by atoms with Gasteiger partial charge in [0.25, 0.3) is 0 Å². The van der Waals surface area contributed by atoms with Gasteiger partial charge in [0.2, 0.25) is 5.88 Å². The predicted molar refractivity (Wildman–Crippen MR) is 49.8 cm³/mol. The van der Waals surface area contributed by atoms with E-state index in [0.717, 1.165) is 6.92 Å². The summed E-state index contributed by atoms with van der Waals surface area (Å²) in [5.74, 6) is -5.02. The fourth-order valence-electron chi connectivity index (χ4n) is 1.17. The van der Waals surface area contributed by atoms with Crippen molar-refractivity contribution in [1.29, 1.82) is 5.26 Å². The Kier molecular flexibility index (Phi) is 3.32. The largest absolute Gasteiger partial charge is 0.478 e. The van der Waals surface area contributed by atoms with Crippen molar-refractivity contribution in [3.63, 3.8) is 0 Å². The van der Waals surface area contributed by atoms with E-state index in [-0.39, 0.29) is 5.76 Å². The van der Waals surface area contributed by atoms with Gasteiger partial charge in [-0.1, -0.05) is 0 Å². The fourth-order valence-corrected chi connectivity index (χ4v) is 1.17. The van der Waals surface area contributed by atoms with E-state index in [1.165, 1.54) is 11.4 Å². The molecule has 0 saturated heterocycles. The Labute approximate surface area is 97.6 Å². The lowest BCUT2D eigenvalue weighted by atomic mass is 10.1. The van der Waals surface area contributed by atoms with E-state index < -0.39 is 35.1 Å². The molecule has 1 aromatic heterocycles. The number of nitrogens with one attached hydrogen (secondary N) is 1. The summed E-state index contributed by atoms with van der Waals surface area (Å²) in [6.07, 6.45) is -5.17. The molecule has 2 N–H and O–H groups in total. The van der Waals surface area contributed by atoms with E-state index in [2.05, 4.69) is 4.42 Å². The summed E-state index contributed by atoms with van der Waals surface area (Å²) in [4.78, 5) is 21.4. The lowest BCUT2D eigenvalue weighted by Gasteiger charge is -2.05. The molecule has 1 heterocycles. The number of aromatic carboxylic acids is 1. The number of hydrogen-bond donors (Lipinski definition) is 2. The Balaban J connectivity index is 3.21. The average Bonchev–Trinajstić information content (AvgIpc) is 2.52. The van der Waals surface area contributed by atoms with Crippen LogP contribution in [0.3, 0.4) is 0 Å². The molecule has 6 nitrogen and oxygen atoms in total. The van der Waals surface area contributed by atoms with Gasteiger partial charge < -0.3 is 9.52 Å². The lowest BCUT2D eigenvalue weighted by Crippen LogP contribution is -2.30. The number of carbonyl (C=O) groups is 2. The fraction of sp³-hybridized carbons (Fsp3) is 0.222. The molecule has 1 rings (SSSR count). The number of hydrogen-bond acceptors (Lipinski definition) is 4. The van der Waals surface area contributed by atoms with Crippen molar-refractivity contribution in [2.24, 2.45) is 0 Å². The van der Waals surface area contributed by atoms with E-state index in [4.69, 9.17) is 10.4 Å². The number of amides is 1. The van der Waals surface area contributed by atoms with Crippen LogP contribution in [0.5, 0.6) is 0 Å². The van der Waals surface area contributed by atoms with Gasteiger partial charge in [0, 0.05) is 0 Å². The normalized spacial score (nSPS) is 10.8. The number of carboxylic acid groups (broad SMARTS) is 1. The molecule has 9 heteroatoms. The molecule has 0 aliphatic heterocycles. The van der Waals surface area contributed by atoms with Crippen molar-refractivity contribution < 1.29 is 32.3 Å². The minimum absolute atomic E-state index is 0.281. The number of nitriles is 1. The number of carboxylic acids is 1. The molecule has 0 aliphatic rings. The zero-order chi connectivity index (χ0) is 14.1. The number of anilines is 1. The molecule has 0 unspecified atom stereocenters. The number of alkyl halides is 3. The monoisotopic (exact) mass is 262 g/mol. The lowest BCUT2D eigenvalue weighted by molar-refractivity contribution is -0.167. The molecule has 0 atom stereocenters. The Morgan fingerprint density at radius 1 is 1.44 bits per heavy atom. The molecular formula is C9H5F3N2O4. The van der Waals surface area contributed by atoms with E-state index in [1.54, 1.807) is 0 Å². The standard InChI is InChI=1S/C9H5F3N2O4/c1-3-5(7(15)16)4(2-13)6(18-3)14-8(17)9(10,11)12/h1H3,(H,14,17)(H,15,16). The van der Waals surface area contributed by atoms with Crippen LogP contribution in [0.15, 0.2) is 4.42 Å². The van der Waals surface area contributed by atoms with E-state index >= 15 is 0 Å². The number of rotatable bonds is 2. The van der Waals surface area contributed by atoms with Crippen LogP contribution in [-0.2, 0) is 4.79 Å². The first-order valence-electron chi connectivity index (χ1n) is 4.33. The zero-order valence-electron chi connectivity index (χ0n) is 8.75. The maximum atomic E-state index is 12.0. The highest BCUT2D eigenvalue weighted by Crippen LogP contribution is 2.28. The molecule has 0 radical (unpaired) electrons. The van der Waals surface area contributed by atoms with Crippen molar-refractivity contribution in [2.45, 2.75) is 13.1 Å². The quantitative estimate of drug-likeness (QED) is 0.843. The number of aryl methyl sites for hydroxylation is 1. The second kappa shape index (κ2) is 4.40. The third-order valence-corrected chi connectivity index (χ3v) is 1.89. The molecule has 0 fully saturated rings. The number of nitrogens with zero attached hydrogens (tertiary/aromatic N) is 1. The van der Waals surface area contributed by atoms with Crippen molar-refractivity contribution >= 4 is 17.8 Å². The van der Waals surface area contributed by atoms with Gasteiger partial charge in [-0.15, -0.1) is 0 Å². The van der Waals surface area contributed by atoms with Crippen LogP contribution < -0.4 is 5.32 Å². The smallest absolute Gasteiger partial charge is 0.471 e. The van der Waals surface area contributed by atoms with Crippen LogP contribution in [0, 0.1) is 18.3 Å². The molecule has 1 amide bonds. The second-order valence-electron chi connectivity index (χ2n) is 3.11. The summed E-state index contributed by atoms with van der Waals surface area (Å²) >= 11 is 0. The molecule has 0 bridgehead atoms. The summed E-state index contributed by atoms with van der Waals surface area (Å²) in [7, 11) is 0. The van der Waals surface area contributed by atoms with Gasteiger partial charge in [-0.2, -0.15) is 18.4 Å². The number of halogens is 3. The molecule has 0 aromatic carbocycles. The Hall–Kier alpha value is -2.50. The summed E-state index contributed by atoms with van der Waals surface area (Å²) < 4.78 is 40.6. The van der Waals surface area contributed by atoms with Gasteiger partial charge in [0.15, 0.2) is 0 Å². The van der Waals surface area contributed by atoms with Gasteiger partial charge in [-0.25, -0.2) is 4.79 Å². The first kappa shape index (κ1) is 13.6. The third kappa shape index (κ3) is 2.42. The molecule has 96 valence electrons. The van der Waals surface area contributed by atoms with Crippen molar-refractivity contribution in [2.75, 3.05) is 5.32 Å². The summed E-state index contributed by atoms with van der Waals surface area (Å²) in [5, 5.41) is 18.7. The van der Waals surface area contributed by atoms with Gasteiger partial charge in [-0.3, -0.25) is 10.1 Å².